The molecule has 3 heterocycles. The fourth-order valence-electron chi connectivity index (χ4n) is 2.71. The number of hydrogen-bond acceptors (Lipinski definition) is 4. The van der Waals surface area contributed by atoms with Crippen LogP contribution in [-0.2, 0) is 9.59 Å². The van der Waals surface area contributed by atoms with E-state index in [4.69, 9.17) is 0 Å². The molecule has 21 heavy (non-hydrogen) atoms. The quantitative estimate of drug-likeness (QED) is 0.855. The van der Waals surface area contributed by atoms with Crippen LogP contribution >= 0.6 is 11.3 Å². The highest BCUT2D eigenvalue weighted by Crippen LogP contribution is 2.15. The topological polar surface area (TPSA) is 69.7 Å². The van der Waals surface area contributed by atoms with Gasteiger partial charge in [-0.2, -0.15) is 0 Å². The van der Waals surface area contributed by atoms with Gasteiger partial charge in [0.15, 0.2) is 0 Å². The second kappa shape index (κ2) is 5.85. The molecule has 3 amide bonds. The van der Waals surface area contributed by atoms with Gasteiger partial charge >= 0.3 is 0 Å². The molecule has 0 radical (unpaired) electrons. The normalized spacial score (nSPS) is 22.3. The van der Waals surface area contributed by atoms with Gasteiger partial charge in [0.25, 0.3) is 5.91 Å². The molecule has 2 aliphatic heterocycles. The fourth-order valence-corrected chi connectivity index (χ4v) is 3.40. The van der Waals surface area contributed by atoms with E-state index < -0.39 is 0 Å². The van der Waals surface area contributed by atoms with Gasteiger partial charge in [-0.15, -0.1) is 11.3 Å². The largest absolute Gasteiger partial charge is 0.344 e. The number of piperazine rings is 1. The first-order valence-electron chi connectivity index (χ1n) is 7.06. The lowest BCUT2D eigenvalue weighted by atomic mass is 10.2. The van der Waals surface area contributed by atoms with Crippen LogP contribution in [0.25, 0.3) is 0 Å². The molecule has 2 aliphatic rings. The molecular weight excluding hydrogens is 290 g/mol. The van der Waals surface area contributed by atoms with Crippen LogP contribution in [0.4, 0.5) is 0 Å². The van der Waals surface area contributed by atoms with Gasteiger partial charge in [-0.25, -0.2) is 0 Å². The first kappa shape index (κ1) is 14.1. The third-order valence-corrected chi connectivity index (χ3v) is 4.76. The maximum Gasteiger partial charge on any atom is 0.264 e. The summed E-state index contributed by atoms with van der Waals surface area (Å²) in [7, 11) is 0. The maximum atomic E-state index is 12.3. The van der Waals surface area contributed by atoms with Crippen LogP contribution in [0.3, 0.4) is 0 Å². The van der Waals surface area contributed by atoms with E-state index in [1.807, 2.05) is 17.5 Å². The number of rotatable bonds is 2. The molecule has 3 rings (SSSR count). The third kappa shape index (κ3) is 2.92. The molecule has 0 saturated carbocycles. The van der Waals surface area contributed by atoms with Gasteiger partial charge in [0.05, 0.1) is 4.88 Å². The Kier molecular flexibility index (Phi) is 3.92. The molecule has 6 nitrogen and oxygen atoms in total. The average molecular weight is 307 g/mol. The molecule has 1 aromatic rings. The molecule has 1 N–H and O–H groups in total. The highest BCUT2D eigenvalue weighted by atomic mass is 32.1. The minimum absolute atomic E-state index is 0.0240. The lowest BCUT2D eigenvalue weighted by molar-refractivity contribution is -0.135. The van der Waals surface area contributed by atoms with Crippen LogP contribution in [0, 0.1) is 0 Å². The van der Waals surface area contributed by atoms with Crippen molar-refractivity contribution >= 4 is 29.1 Å². The lowest BCUT2D eigenvalue weighted by Crippen LogP contribution is -2.54. The molecule has 112 valence electrons. The summed E-state index contributed by atoms with van der Waals surface area (Å²) in [5.41, 5.74) is 0. The van der Waals surface area contributed by atoms with Crippen LogP contribution in [-0.4, -0.2) is 59.7 Å². The van der Waals surface area contributed by atoms with Gasteiger partial charge in [0.2, 0.25) is 11.8 Å². The van der Waals surface area contributed by atoms with Crippen molar-refractivity contribution in [2.24, 2.45) is 0 Å². The number of hydrogen-bond donors (Lipinski definition) is 1. The van der Waals surface area contributed by atoms with Crippen LogP contribution in [0.1, 0.15) is 22.5 Å². The van der Waals surface area contributed by atoms with Gasteiger partial charge in [0.1, 0.15) is 6.04 Å². The molecule has 7 heteroatoms. The minimum Gasteiger partial charge on any atom is -0.344 e. The minimum atomic E-state index is -0.378. The monoisotopic (exact) mass is 307 g/mol. The molecule has 1 atom stereocenters. The van der Waals surface area contributed by atoms with Crippen LogP contribution in [0.15, 0.2) is 17.5 Å². The van der Waals surface area contributed by atoms with Crippen molar-refractivity contribution in [3.05, 3.63) is 22.4 Å². The number of nitrogens with one attached hydrogen (secondary N) is 1. The van der Waals surface area contributed by atoms with Gasteiger partial charge in [-0.1, -0.05) is 6.07 Å². The molecule has 1 aromatic heterocycles. The number of thiophene rings is 1. The summed E-state index contributed by atoms with van der Waals surface area (Å²) >= 11 is 1.43. The van der Waals surface area contributed by atoms with E-state index in [1.165, 1.54) is 11.3 Å². The predicted molar refractivity (Wildman–Crippen MR) is 78.0 cm³/mol. The van der Waals surface area contributed by atoms with Gasteiger partial charge in [-0.3, -0.25) is 14.4 Å². The van der Waals surface area contributed by atoms with Crippen LogP contribution in [0.2, 0.25) is 0 Å². The summed E-state index contributed by atoms with van der Waals surface area (Å²) in [6.45, 7) is 2.15. The van der Waals surface area contributed by atoms with E-state index in [9.17, 15) is 14.4 Å². The van der Waals surface area contributed by atoms with Crippen molar-refractivity contribution in [1.82, 2.24) is 15.1 Å². The van der Waals surface area contributed by atoms with Gasteiger partial charge in [-0.05, 0) is 17.9 Å². The predicted octanol–water partition coefficient (Wildman–Crippen LogP) is 0.311. The second-order valence-corrected chi connectivity index (χ2v) is 6.20. The average Bonchev–Trinajstić information content (AvgIpc) is 3.17. The Labute approximate surface area is 126 Å². The number of nitrogens with zero attached hydrogens (tertiary/aromatic N) is 2. The SMILES string of the molecule is O=C1CCC(C(=O)N2CCN(C(=O)c3cccs3)CC2)N1. The molecule has 2 fully saturated rings. The van der Waals surface area contributed by atoms with Crippen molar-refractivity contribution in [3.63, 3.8) is 0 Å². The zero-order valence-corrected chi connectivity index (χ0v) is 12.4. The Morgan fingerprint density at radius 3 is 2.48 bits per heavy atom. The standard InChI is InChI=1S/C14H17N3O3S/c18-12-4-3-10(15-12)13(19)16-5-7-17(8-6-16)14(20)11-2-1-9-21-11/h1-2,9-10H,3-8H2,(H,15,18). The summed E-state index contributed by atoms with van der Waals surface area (Å²) in [4.78, 5) is 39.9. The summed E-state index contributed by atoms with van der Waals surface area (Å²) in [6, 6.07) is 3.30. The van der Waals surface area contributed by atoms with Crippen molar-refractivity contribution in [3.8, 4) is 0 Å². The molecule has 2 saturated heterocycles. The van der Waals surface area contributed by atoms with Crippen molar-refractivity contribution in [2.45, 2.75) is 18.9 Å². The van der Waals surface area contributed by atoms with Gasteiger partial charge < -0.3 is 15.1 Å². The maximum absolute atomic E-state index is 12.3. The molecule has 1 unspecified atom stereocenters. The molecule has 0 aliphatic carbocycles. The Morgan fingerprint density at radius 1 is 1.19 bits per heavy atom. The van der Waals surface area contributed by atoms with E-state index in [2.05, 4.69) is 5.32 Å². The fraction of sp³-hybridized carbons (Fsp3) is 0.500. The highest BCUT2D eigenvalue weighted by molar-refractivity contribution is 7.12. The Hall–Kier alpha value is -1.89. The summed E-state index contributed by atoms with van der Waals surface area (Å²) in [5.74, 6) is -0.0461. The number of carbonyl (C=O) groups excluding carboxylic acids is 3. The lowest BCUT2D eigenvalue weighted by Gasteiger charge is -2.35. The number of carbonyl (C=O) groups is 3. The third-order valence-electron chi connectivity index (χ3n) is 3.90. The Morgan fingerprint density at radius 2 is 1.90 bits per heavy atom. The van der Waals surface area contributed by atoms with Crippen LogP contribution in [0.5, 0.6) is 0 Å². The summed E-state index contributed by atoms with van der Waals surface area (Å²) in [5, 5.41) is 4.58. The van der Waals surface area contributed by atoms with Crippen molar-refractivity contribution < 1.29 is 14.4 Å². The Bertz CT molecular complexity index is 550. The first-order chi connectivity index (χ1) is 10.1. The van der Waals surface area contributed by atoms with E-state index >= 15 is 0 Å². The smallest absolute Gasteiger partial charge is 0.264 e. The zero-order chi connectivity index (χ0) is 14.8. The second-order valence-electron chi connectivity index (χ2n) is 5.25. The molecule has 0 bridgehead atoms. The highest BCUT2D eigenvalue weighted by Gasteiger charge is 2.33. The zero-order valence-electron chi connectivity index (χ0n) is 11.6. The molecule has 0 aromatic carbocycles. The van der Waals surface area contributed by atoms with Crippen molar-refractivity contribution in [2.75, 3.05) is 26.2 Å². The number of amides is 3. The van der Waals surface area contributed by atoms with Crippen molar-refractivity contribution in [1.29, 1.82) is 0 Å². The van der Waals surface area contributed by atoms with E-state index in [0.29, 0.717) is 39.0 Å². The van der Waals surface area contributed by atoms with E-state index in [-0.39, 0.29) is 23.8 Å². The van der Waals surface area contributed by atoms with E-state index in [0.717, 1.165) is 4.88 Å². The van der Waals surface area contributed by atoms with E-state index in [1.54, 1.807) is 9.80 Å². The summed E-state index contributed by atoms with van der Waals surface area (Å²) < 4.78 is 0. The van der Waals surface area contributed by atoms with Gasteiger partial charge in [0, 0.05) is 32.6 Å². The molecule has 0 spiro atoms. The first-order valence-corrected chi connectivity index (χ1v) is 7.94. The Balaban J connectivity index is 1.54. The van der Waals surface area contributed by atoms with Crippen LogP contribution < -0.4 is 5.32 Å². The summed E-state index contributed by atoms with van der Waals surface area (Å²) in [6.07, 6.45) is 0.999. The molecular formula is C14H17N3O3S.